The number of aliphatic hydroxyl groups is 1. The molecule has 0 heterocycles. The van der Waals surface area contributed by atoms with Gasteiger partial charge in [-0.1, -0.05) is 25.1 Å². The average molecular weight is 194 g/mol. The van der Waals surface area contributed by atoms with Crippen molar-refractivity contribution >= 4 is 11.6 Å². The maximum absolute atomic E-state index is 11.3. The summed E-state index contributed by atoms with van der Waals surface area (Å²) < 4.78 is 0. The molecule has 0 aromatic heterocycles. The maximum atomic E-state index is 11.3. The lowest BCUT2D eigenvalue weighted by Gasteiger charge is -2.21. The van der Waals surface area contributed by atoms with Crippen LogP contribution in [0.5, 0.6) is 0 Å². The summed E-state index contributed by atoms with van der Waals surface area (Å²) in [4.78, 5) is 11.3. The third-order valence-corrected chi connectivity index (χ3v) is 1.78. The Kier molecular flexibility index (Phi) is 3.94. The standard InChI is InChI=1S/C10H14N2O2/c1-2-10(14)12(8-13)11-9-6-4-3-5-7-9/h3-7,11,13H,2,8H2,1H3. The third-order valence-electron chi connectivity index (χ3n) is 1.78. The number of aliphatic hydroxyl groups excluding tert-OH is 1. The molecule has 14 heavy (non-hydrogen) atoms. The first-order valence-electron chi connectivity index (χ1n) is 4.51. The van der Waals surface area contributed by atoms with Gasteiger partial charge in [-0.15, -0.1) is 0 Å². The summed E-state index contributed by atoms with van der Waals surface area (Å²) >= 11 is 0. The van der Waals surface area contributed by atoms with Crippen LogP contribution in [0.4, 0.5) is 5.69 Å². The SMILES string of the molecule is CCC(=O)N(CO)Nc1ccccc1. The monoisotopic (exact) mass is 194 g/mol. The molecule has 0 atom stereocenters. The number of hydrogen-bond donors (Lipinski definition) is 2. The summed E-state index contributed by atoms with van der Waals surface area (Å²) in [5, 5.41) is 10.1. The maximum Gasteiger partial charge on any atom is 0.242 e. The molecule has 76 valence electrons. The van der Waals surface area contributed by atoms with Crippen molar-refractivity contribution in [3.05, 3.63) is 30.3 Å². The van der Waals surface area contributed by atoms with Crippen LogP contribution in [0.1, 0.15) is 13.3 Å². The van der Waals surface area contributed by atoms with E-state index in [9.17, 15) is 4.79 Å². The fourth-order valence-corrected chi connectivity index (χ4v) is 1.04. The second kappa shape index (κ2) is 5.24. The van der Waals surface area contributed by atoms with Crippen molar-refractivity contribution in [1.29, 1.82) is 0 Å². The molecule has 0 saturated carbocycles. The number of rotatable bonds is 4. The number of para-hydroxylation sites is 1. The zero-order chi connectivity index (χ0) is 10.4. The molecule has 4 nitrogen and oxygen atoms in total. The normalized spacial score (nSPS) is 9.57. The van der Waals surface area contributed by atoms with Crippen molar-refractivity contribution in [2.45, 2.75) is 13.3 Å². The number of hydrazine groups is 1. The Hall–Kier alpha value is -1.55. The van der Waals surface area contributed by atoms with E-state index in [1.165, 1.54) is 5.01 Å². The molecule has 0 aliphatic rings. The number of amides is 1. The molecule has 4 heteroatoms. The number of nitrogens with one attached hydrogen (secondary N) is 1. The van der Waals surface area contributed by atoms with E-state index in [1.807, 2.05) is 30.3 Å². The number of hydrogen-bond acceptors (Lipinski definition) is 3. The van der Waals surface area contributed by atoms with Gasteiger partial charge in [-0.25, -0.2) is 5.01 Å². The first-order valence-corrected chi connectivity index (χ1v) is 4.51. The highest BCUT2D eigenvalue weighted by Gasteiger charge is 2.08. The van der Waals surface area contributed by atoms with Crippen LogP contribution < -0.4 is 5.43 Å². The van der Waals surface area contributed by atoms with Gasteiger partial charge in [-0.2, -0.15) is 0 Å². The van der Waals surface area contributed by atoms with Crippen molar-refractivity contribution in [1.82, 2.24) is 5.01 Å². The van der Waals surface area contributed by atoms with Crippen molar-refractivity contribution < 1.29 is 9.90 Å². The predicted octanol–water partition coefficient (Wildman–Crippen LogP) is 1.20. The van der Waals surface area contributed by atoms with Gasteiger partial charge in [-0.05, 0) is 12.1 Å². The lowest BCUT2D eigenvalue weighted by molar-refractivity contribution is -0.132. The van der Waals surface area contributed by atoms with Gasteiger partial charge < -0.3 is 5.11 Å². The van der Waals surface area contributed by atoms with Crippen LogP contribution in [0.25, 0.3) is 0 Å². The highest BCUT2D eigenvalue weighted by Crippen LogP contribution is 2.06. The molecule has 0 saturated heterocycles. The fourth-order valence-electron chi connectivity index (χ4n) is 1.04. The van der Waals surface area contributed by atoms with Crippen LogP contribution in [0.3, 0.4) is 0 Å². The van der Waals surface area contributed by atoms with Gasteiger partial charge in [0.15, 0.2) is 0 Å². The Morgan fingerprint density at radius 1 is 1.43 bits per heavy atom. The van der Waals surface area contributed by atoms with Gasteiger partial charge in [0.2, 0.25) is 5.91 Å². The van der Waals surface area contributed by atoms with Crippen LogP contribution in [0.15, 0.2) is 30.3 Å². The first-order chi connectivity index (χ1) is 6.77. The number of carbonyl (C=O) groups is 1. The summed E-state index contributed by atoms with van der Waals surface area (Å²) in [6.45, 7) is 1.42. The Bertz CT molecular complexity index is 287. The van der Waals surface area contributed by atoms with Gasteiger partial charge in [0.05, 0.1) is 5.69 Å². The van der Waals surface area contributed by atoms with Gasteiger partial charge in [0.25, 0.3) is 0 Å². The molecule has 2 N–H and O–H groups in total. The molecule has 1 aromatic rings. The van der Waals surface area contributed by atoms with Gasteiger partial charge >= 0.3 is 0 Å². The number of nitrogens with zero attached hydrogens (tertiary/aromatic N) is 1. The molecule has 0 aliphatic heterocycles. The lowest BCUT2D eigenvalue weighted by atomic mass is 10.3. The molecule has 0 radical (unpaired) electrons. The van der Waals surface area contributed by atoms with Gasteiger partial charge in [-0.3, -0.25) is 10.2 Å². The van der Waals surface area contributed by atoms with Crippen molar-refractivity contribution in [3.8, 4) is 0 Å². The summed E-state index contributed by atoms with van der Waals surface area (Å²) in [5.41, 5.74) is 3.59. The highest BCUT2D eigenvalue weighted by molar-refractivity contribution is 5.77. The first kappa shape index (κ1) is 10.5. The highest BCUT2D eigenvalue weighted by atomic mass is 16.3. The van der Waals surface area contributed by atoms with E-state index in [1.54, 1.807) is 6.92 Å². The molecule has 1 rings (SSSR count). The zero-order valence-electron chi connectivity index (χ0n) is 8.10. The second-order valence-corrected chi connectivity index (χ2v) is 2.79. The second-order valence-electron chi connectivity index (χ2n) is 2.79. The van der Waals surface area contributed by atoms with Crippen molar-refractivity contribution in [2.24, 2.45) is 0 Å². The molecule has 0 fully saturated rings. The summed E-state index contributed by atoms with van der Waals surface area (Å²) in [6.07, 6.45) is 0.362. The lowest BCUT2D eigenvalue weighted by Crippen LogP contribution is -2.36. The molecule has 0 unspecified atom stereocenters. The van der Waals surface area contributed by atoms with E-state index in [4.69, 9.17) is 5.11 Å². The van der Waals surface area contributed by atoms with Crippen LogP contribution in [-0.2, 0) is 4.79 Å². The number of carbonyl (C=O) groups excluding carboxylic acids is 1. The Labute approximate surface area is 83.1 Å². The van der Waals surface area contributed by atoms with Crippen molar-refractivity contribution in [2.75, 3.05) is 12.2 Å². The minimum atomic E-state index is -0.332. The molecular weight excluding hydrogens is 180 g/mol. The number of anilines is 1. The Balaban J connectivity index is 2.62. The van der Waals surface area contributed by atoms with Gasteiger partial charge in [0, 0.05) is 6.42 Å². The smallest absolute Gasteiger partial charge is 0.242 e. The molecule has 1 amide bonds. The molecule has 1 aromatic carbocycles. The molecule has 0 bridgehead atoms. The largest absolute Gasteiger partial charge is 0.374 e. The quantitative estimate of drug-likeness (QED) is 0.559. The van der Waals surface area contributed by atoms with Crippen LogP contribution in [0, 0.1) is 0 Å². The van der Waals surface area contributed by atoms with E-state index in [2.05, 4.69) is 5.43 Å². The van der Waals surface area contributed by atoms with Crippen LogP contribution in [0.2, 0.25) is 0 Å². The van der Waals surface area contributed by atoms with Crippen LogP contribution in [-0.4, -0.2) is 22.8 Å². The van der Waals surface area contributed by atoms with E-state index in [-0.39, 0.29) is 12.6 Å². The van der Waals surface area contributed by atoms with Crippen molar-refractivity contribution in [3.63, 3.8) is 0 Å². The topological polar surface area (TPSA) is 52.6 Å². The Morgan fingerprint density at radius 3 is 2.57 bits per heavy atom. The van der Waals surface area contributed by atoms with E-state index in [0.29, 0.717) is 6.42 Å². The molecule has 0 spiro atoms. The zero-order valence-corrected chi connectivity index (χ0v) is 8.10. The molecule has 0 aliphatic carbocycles. The molecular formula is C10H14N2O2. The number of benzene rings is 1. The van der Waals surface area contributed by atoms with E-state index in [0.717, 1.165) is 5.69 Å². The van der Waals surface area contributed by atoms with E-state index >= 15 is 0 Å². The summed E-state index contributed by atoms with van der Waals surface area (Å²) in [6, 6.07) is 9.25. The van der Waals surface area contributed by atoms with Crippen LogP contribution >= 0.6 is 0 Å². The third kappa shape index (κ3) is 2.74. The summed E-state index contributed by atoms with van der Waals surface area (Å²) in [7, 11) is 0. The van der Waals surface area contributed by atoms with E-state index < -0.39 is 0 Å². The minimum absolute atomic E-state index is 0.142. The minimum Gasteiger partial charge on any atom is -0.374 e. The van der Waals surface area contributed by atoms with Gasteiger partial charge in [0.1, 0.15) is 6.73 Å². The Morgan fingerprint density at radius 2 is 2.07 bits per heavy atom. The average Bonchev–Trinajstić information content (AvgIpc) is 2.26. The summed E-state index contributed by atoms with van der Waals surface area (Å²) in [5.74, 6) is -0.142. The predicted molar refractivity (Wildman–Crippen MR) is 54.3 cm³/mol. The fraction of sp³-hybridized carbons (Fsp3) is 0.300.